The van der Waals surface area contributed by atoms with Crippen LogP contribution >= 0.6 is 21.6 Å². The number of anilines is 1. The molecule has 25 heavy (non-hydrogen) atoms. The Balaban J connectivity index is 1.92. The Morgan fingerprint density at radius 2 is 2.24 bits per heavy atom. The minimum absolute atomic E-state index is 0.219. The van der Waals surface area contributed by atoms with Crippen LogP contribution in [0.25, 0.3) is 11.2 Å². The molecule has 3 N–H and O–H groups in total. The number of aliphatic hydroxyl groups is 2. The molecule has 1 aliphatic rings. The SMILES string of the molecule is CBNc1ncnc2c1ncn2[C@@H]1O[C@H](CO)C(O)C1SSCCC. The molecular weight excluding hydrogens is 361 g/mol. The molecule has 4 atom stereocenters. The highest BCUT2D eigenvalue weighted by atomic mass is 33.1. The number of ether oxygens (including phenoxy) is 1. The minimum atomic E-state index is -0.753. The van der Waals surface area contributed by atoms with Crippen molar-refractivity contribution >= 4 is 46.0 Å². The number of nitrogens with zero attached hydrogens (tertiary/aromatic N) is 4. The Morgan fingerprint density at radius 1 is 1.40 bits per heavy atom. The van der Waals surface area contributed by atoms with E-state index in [1.54, 1.807) is 27.9 Å². The van der Waals surface area contributed by atoms with Crippen LogP contribution in [0.4, 0.5) is 5.82 Å². The molecule has 1 fully saturated rings. The quantitative estimate of drug-likeness (QED) is 0.350. The van der Waals surface area contributed by atoms with Gasteiger partial charge in [0.25, 0.3) is 0 Å². The maximum Gasteiger partial charge on any atom is 0.231 e. The highest BCUT2D eigenvalue weighted by Crippen LogP contribution is 2.43. The summed E-state index contributed by atoms with van der Waals surface area (Å²) < 4.78 is 7.75. The predicted molar refractivity (Wildman–Crippen MR) is 103 cm³/mol. The van der Waals surface area contributed by atoms with Crippen molar-refractivity contribution in [3.63, 3.8) is 0 Å². The molecule has 136 valence electrons. The van der Waals surface area contributed by atoms with Gasteiger partial charge in [0.15, 0.2) is 11.9 Å². The second-order valence-corrected chi connectivity index (χ2v) is 8.36. The highest BCUT2D eigenvalue weighted by molar-refractivity contribution is 8.77. The van der Waals surface area contributed by atoms with E-state index < -0.39 is 18.4 Å². The van der Waals surface area contributed by atoms with Crippen LogP contribution in [-0.2, 0) is 4.74 Å². The molecule has 0 bridgehead atoms. The van der Waals surface area contributed by atoms with Gasteiger partial charge in [0.05, 0.1) is 24.3 Å². The molecule has 1 saturated heterocycles. The first kappa shape index (κ1) is 18.8. The van der Waals surface area contributed by atoms with E-state index in [0.717, 1.165) is 19.6 Å². The molecule has 2 unspecified atom stereocenters. The van der Waals surface area contributed by atoms with Crippen LogP contribution in [0.15, 0.2) is 12.7 Å². The van der Waals surface area contributed by atoms with E-state index in [1.807, 2.05) is 11.4 Å². The maximum atomic E-state index is 10.5. The topological polar surface area (TPSA) is 105 Å². The van der Waals surface area contributed by atoms with E-state index in [9.17, 15) is 10.2 Å². The fourth-order valence-electron chi connectivity index (χ4n) is 2.74. The smallest absolute Gasteiger partial charge is 0.231 e. The van der Waals surface area contributed by atoms with Gasteiger partial charge in [-0.15, -0.1) is 0 Å². The van der Waals surface area contributed by atoms with Crippen molar-refractivity contribution in [3.8, 4) is 0 Å². The summed E-state index contributed by atoms with van der Waals surface area (Å²) >= 11 is 0. The van der Waals surface area contributed by atoms with Gasteiger partial charge in [-0.2, -0.15) is 0 Å². The van der Waals surface area contributed by atoms with Crippen LogP contribution in [0.5, 0.6) is 0 Å². The van der Waals surface area contributed by atoms with Gasteiger partial charge in [0.1, 0.15) is 23.8 Å². The van der Waals surface area contributed by atoms with E-state index >= 15 is 0 Å². The van der Waals surface area contributed by atoms with Gasteiger partial charge in [0.2, 0.25) is 7.41 Å². The van der Waals surface area contributed by atoms with Gasteiger partial charge in [-0.05, 0) is 6.42 Å². The number of hydrogen-bond donors (Lipinski definition) is 3. The number of aromatic nitrogens is 4. The Bertz CT molecular complexity index is 706. The van der Waals surface area contributed by atoms with Crippen molar-refractivity contribution in [3.05, 3.63) is 12.7 Å². The summed E-state index contributed by atoms with van der Waals surface area (Å²) in [4.78, 5) is 13.0. The molecule has 8 nitrogen and oxygen atoms in total. The average molecular weight is 383 g/mol. The van der Waals surface area contributed by atoms with E-state index in [1.165, 1.54) is 6.33 Å². The molecule has 0 radical (unpaired) electrons. The molecule has 1 aliphatic heterocycles. The van der Waals surface area contributed by atoms with Gasteiger partial charge < -0.3 is 20.2 Å². The number of fused-ring (bicyclic) bond motifs is 1. The van der Waals surface area contributed by atoms with Gasteiger partial charge in [-0.1, -0.05) is 35.3 Å². The number of imidazole rings is 1. The third-order valence-corrected chi connectivity index (χ3v) is 6.96. The van der Waals surface area contributed by atoms with Gasteiger partial charge in [0, 0.05) is 5.75 Å². The largest absolute Gasteiger partial charge is 0.414 e. The van der Waals surface area contributed by atoms with Gasteiger partial charge in [-0.3, -0.25) is 4.57 Å². The third kappa shape index (κ3) is 3.75. The summed E-state index contributed by atoms with van der Waals surface area (Å²) in [5, 5.41) is 23.0. The summed E-state index contributed by atoms with van der Waals surface area (Å²) in [5.41, 5.74) is 1.31. The molecular formula is C14H22BN5O3S2. The van der Waals surface area contributed by atoms with Crippen LogP contribution < -0.4 is 5.23 Å². The summed E-state index contributed by atoms with van der Waals surface area (Å²) in [6, 6.07) is 0. The van der Waals surface area contributed by atoms with Crippen molar-refractivity contribution in [2.45, 2.75) is 43.9 Å². The van der Waals surface area contributed by atoms with Crippen LogP contribution in [0.2, 0.25) is 6.82 Å². The fraction of sp³-hybridized carbons (Fsp3) is 0.643. The predicted octanol–water partition coefficient (Wildman–Crippen LogP) is 1.05. The maximum absolute atomic E-state index is 10.5. The Kier molecular flexibility index (Phi) is 6.45. The monoisotopic (exact) mass is 383 g/mol. The summed E-state index contributed by atoms with van der Waals surface area (Å²) in [7, 11) is 4.02. The second-order valence-electron chi connectivity index (χ2n) is 5.70. The van der Waals surface area contributed by atoms with Crippen LogP contribution in [0.3, 0.4) is 0 Å². The normalized spacial score (nSPS) is 26.2. The Hall–Kier alpha value is -1.01. The molecule has 0 saturated carbocycles. The van der Waals surface area contributed by atoms with Crippen LogP contribution in [0.1, 0.15) is 19.6 Å². The average Bonchev–Trinajstić information content (AvgIpc) is 3.18. The van der Waals surface area contributed by atoms with E-state index in [0.29, 0.717) is 17.0 Å². The Labute approximate surface area is 154 Å². The molecule has 0 aliphatic carbocycles. The first-order valence-electron chi connectivity index (χ1n) is 8.35. The van der Waals surface area contributed by atoms with Crippen molar-refractivity contribution in [1.82, 2.24) is 19.5 Å². The van der Waals surface area contributed by atoms with Crippen molar-refractivity contribution < 1.29 is 14.9 Å². The molecule has 0 aromatic carbocycles. The van der Waals surface area contributed by atoms with Crippen molar-refractivity contribution in [1.29, 1.82) is 0 Å². The van der Waals surface area contributed by atoms with Crippen LogP contribution in [0, 0.1) is 0 Å². The number of hydrogen-bond acceptors (Lipinski definition) is 9. The second kappa shape index (κ2) is 8.59. The molecule has 3 rings (SSSR count). The lowest BCUT2D eigenvalue weighted by Crippen LogP contribution is -2.31. The van der Waals surface area contributed by atoms with E-state index in [2.05, 4.69) is 27.1 Å². The molecule has 11 heteroatoms. The van der Waals surface area contributed by atoms with Crippen molar-refractivity contribution in [2.75, 3.05) is 17.6 Å². The van der Waals surface area contributed by atoms with Gasteiger partial charge >= 0.3 is 0 Å². The van der Waals surface area contributed by atoms with Gasteiger partial charge in [-0.25, -0.2) is 15.0 Å². The molecule has 3 heterocycles. The van der Waals surface area contributed by atoms with E-state index in [4.69, 9.17) is 4.74 Å². The Morgan fingerprint density at radius 3 is 2.96 bits per heavy atom. The summed E-state index contributed by atoms with van der Waals surface area (Å²) in [6.07, 6.45) is 2.39. The summed E-state index contributed by atoms with van der Waals surface area (Å²) in [6.45, 7) is 3.88. The zero-order valence-electron chi connectivity index (χ0n) is 14.2. The first-order chi connectivity index (χ1) is 12.2. The lowest BCUT2D eigenvalue weighted by atomic mass is 10.0. The first-order valence-corrected chi connectivity index (χ1v) is 10.7. The zero-order valence-corrected chi connectivity index (χ0v) is 15.8. The lowest BCUT2D eigenvalue weighted by molar-refractivity contribution is -0.0430. The zero-order chi connectivity index (χ0) is 17.8. The molecule has 2 aromatic heterocycles. The number of rotatable bonds is 8. The molecule has 0 amide bonds. The minimum Gasteiger partial charge on any atom is -0.414 e. The molecule has 2 aromatic rings. The summed E-state index contributed by atoms with van der Waals surface area (Å²) in [5.74, 6) is 1.66. The number of aliphatic hydroxyl groups excluding tert-OH is 2. The fourth-order valence-corrected chi connectivity index (χ4v) is 5.63. The van der Waals surface area contributed by atoms with E-state index in [-0.39, 0.29) is 11.9 Å². The van der Waals surface area contributed by atoms with Crippen LogP contribution in [-0.4, -0.2) is 67.0 Å². The molecule has 0 spiro atoms. The number of nitrogens with one attached hydrogen (secondary N) is 1. The standard InChI is InChI=1S/C14H22BN5O3S2/c1-3-4-24-25-11-10(22)8(5-21)23-14(11)20-7-18-9-12(19-15-2)16-6-17-13(9)20/h6-8,10-11,14-15,21-22H,3-5H2,1-2H3,(H,16,17,19)/t8-,10?,11?,14-/m1/s1. The van der Waals surface area contributed by atoms with Crippen molar-refractivity contribution in [2.24, 2.45) is 0 Å². The highest BCUT2D eigenvalue weighted by Gasteiger charge is 2.45. The lowest BCUT2D eigenvalue weighted by Gasteiger charge is -2.20. The third-order valence-electron chi connectivity index (χ3n) is 3.94.